The van der Waals surface area contributed by atoms with Crippen molar-refractivity contribution in [3.63, 3.8) is 0 Å². The minimum absolute atomic E-state index is 0.179. The lowest BCUT2D eigenvalue weighted by molar-refractivity contribution is -0.137. The van der Waals surface area contributed by atoms with Crippen molar-refractivity contribution in [2.24, 2.45) is 0 Å². The molecule has 6 nitrogen and oxygen atoms in total. The third kappa shape index (κ3) is 2.70. The largest absolute Gasteiger partial charge is 0.480 e. The van der Waals surface area contributed by atoms with Gasteiger partial charge in [-0.1, -0.05) is 35.3 Å². The quantitative estimate of drug-likeness (QED) is 0.774. The average molecular weight is 365 g/mol. The molecule has 0 amide bonds. The van der Waals surface area contributed by atoms with Crippen LogP contribution in [-0.4, -0.2) is 20.2 Å². The first-order valence-corrected chi connectivity index (χ1v) is 7.57. The van der Waals surface area contributed by atoms with E-state index in [4.69, 9.17) is 28.3 Å². The Kier molecular flexibility index (Phi) is 4.17. The second-order valence-corrected chi connectivity index (χ2v) is 5.83. The Bertz CT molecular complexity index is 1090. The fraction of sp³-hybridized carbons (Fsp3) is 0.0625. The smallest absolute Gasteiger partial charge is 0.336 e. The summed E-state index contributed by atoms with van der Waals surface area (Å²) in [5, 5.41) is 9.76. The molecule has 0 saturated carbocycles. The van der Waals surface area contributed by atoms with Gasteiger partial charge in [0.2, 0.25) is 0 Å². The molecule has 3 aromatic rings. The molecule has 0 fully saturated rings. The Morgan fingerprint density at radius 1 is 1.04 bits per heavy atom. The van der Waals surface area contributed by atoms with E-state index < -0.39 is 23.8 Å². The standard InChI is InChI=1S/C16H10Cl2N2O4/c17-11-6-5-9(7-12(11)18)20-15(23)10-3-1-2-4-13(10)19(16(20)24)8-14(21)22/h1-7H,8H2,(H,21,22). The molecule has 1 aromatic heterocycles. The molecule has 1 N–H and O–H groups in total. The van der Waals surface area contributed by atoms with Crippen LogP contribution in [0.3, 0.4) is 0 Å². The number of aromatic nitrogens is 2. The number of para-hydroxylation sites is 1. The molecular formula is C16H10Cl2N2O4. The van der Waals surface area contributed by atoms with Crippen molar-refractivity contribution in [3.05, 3.63) is 73.3 Å². The minimum atomic E-state index is -1.19. The highest BCUT2D eigenvalue weighted by Gasteiger charge is 2.16. The Labute approximate surface area is 145 Å². The summed E-state index contributed by atoms with van der Waals surface area (Å²) in [5.41, 5.74) is -0.856. The first-order chi connectivity index (χ1) is 11.4. The highest BCUT2D eigenvalue weighted by atomic mass is 35.5. The molecule has 0 aliphatic carbocycles. The van der Waals surface area contributed by atoms with Gasteiger partial charge in [0.1, 0.15) is 6.54 Å². The summed E-state index contributed by atoms with van der Waals surface area (Å²) in [4.78, 5) is 36.5. The number of hydrogen-bond acceptors (Lipinski definition) is 3. The number of carboxylic acid groups (broad SMARTS) is 1. The van der Waals surface area contributed by atoms with Gasteiger partial charge in [0.05, 0.1) is 26.6 Å². The molecule has 122 valence electrons. The Morgan fingerprint density at radius 2 is 1.75 bits per heavy atom. The van der Waals surface area contributed by atoms with Crippen LogP contribution in [0.1, 0.15) is 0 Å². The molecule has 0 unspecified atom stereocenters. The molecule has 0 aliphatic rings. The van der Waals surface area contributed by atoms with Crippen molar-refractivity contribution in [3.8, 4) is 5.69 Å². The topological polar surface area (TPSA) is 81.3 Å². The van der Waals surface area contributed by atoms with Crippen LogP contribution in [0.4, 0.5) is 0 Å². The van der Waals surface area contributed by atoms with Gasteiger partial charge in [0.25, 0.3) is 5.56 Å². The van der Waals surface area contributed by atoms with Crippen molar-refractivity contribution < 1.29 is 9.90 Å². The third-order valence-electron chi connectivity index (χ3n) is 3.51. The molecule has 0 aliphatic heterocycles. The van der Waals surface area contributed by atoms with Gasteiger partial charge in [0, 0.05) is 0 Å². The van der Waals surface area contributed by atoms with Crippen LogP contribution in [0.25, 0.3) is 16.6 Å². The van der Waals surface area contributed by atoms with E-state index in [-0.39, 0.29) is 26.6 Å². The van der Waals surface area contributed by atoms with Crippen molar-refractivity contribution in [2.75, 3.05) is 0 Å². The molecule has 0 bridgehead atoms. The number of nitrogens with zero attached hydrogens (tertiary/aromatic N) is 2. The predicted molar refractivity (Wildman–Crippen MR) is 91.5 cm³/mol. The van der Waals surface area contributed by atoms with Gasteiger partial charge in [-0.3, -0.25) is 14.2 Å². The van der Waals surface area contributed by atoms with Gasteiger partial charge in [-0.15, -0.1) is 0 Å². The van der Waals surface area contributed by atoms with E-state index in [1.54, 1.807) is 12.1 Å². The van der Waals surface area contributed by atoms with E-state index in [1.165, 1.54) is 30.3 Å². The number of aliphatic carboxylic acids is 1. The highest BCUT2D eigenvalue weighted by molar-refractivity contribution is 6.42. The van der Waals surface area contributed by atoms with Crippen LogP contribution in [0.5, 0.6) is 0 Å². The molecule has 2 aromatic carbocycles. The number of rotatable bonds is 3. The van der Waals surface area contributed by atoms with Gasteiger partial charge in [-0.2, -0.15) is 0 Å². The van der Waals surface area contributed by atoms with E-state index in [0.29, 0.717) is 0 Å². The van der Waals surface area contributed by atoms with Crippen LogP contribution in [-0.2, 0) is 11.3 Å². The summed E-state index contributed by atoms with van der Waals surface area (Å²) in [6.07, 6.45) is 0. The molecule has 0 radical (unpaired) electrons. The maximum absolute atomic E-state index is 12.7. The second-order valence-electron chi connectivity index (χ2n) is 5.02. The monoisotopic (exact) mass is 364 g/mol. The normalized spacial score (nSPS) is 10.9. The van der Waals surface area contributed by atoms with Crippen LogP contribution in [0.15, 0.2) is 52.1 Å². The van der Waals surface area contributed by atoms with Crippen molar-refractivity contribution in [1.82, 2.24) is 9.13 Å². The number of fused-ring (bicyclic) bond motifs is 1. The highest BCUT2D eigenvalue weighted by Crippen LogP contribution is 2.23. The van der Waals surface area contributed by atoms with Gasteiger partial charge < -0.3 is 5.11 Å². The van der Waals surface area contributed by atoms with E-state index in [2.05, 4.69) is 0 Å². The summed E-state index contributed by atoms with van der Waals surface area (Å²) in [7, 11) is 0. The molecule has 0 spiro atoms. The van der Waals surface area contributed by atoms with E-state index in [9.17, 15) is 14.4 Å². The van der Waals surface area contributed by atoms with E-state index in [1.807, 2.05) is 0 Å². The molecule has 3 rings (SSSR count). The summed E-state index contributed by atoms with van der Waals surface area (Å²) in [6.45, 7) is -0.569. The van der Waals surface area contributed by atoms with Crippen molar-refractivity contribution in [2.45, 2.75) is 6.54 Å². The Hall–Kier alpha value is -2.57. The first kappa shape index (κ1) is 16.3. The maximum atomic E-state index is 12.7. The summed E-state index contributed by atoms with van der Waals surface area (Å²) >= 11 is 11.8. The predicted octanol–water partition coefficient (Wildman–Crippen LogP) is 2.54. The Balaban J connectivity index is 2.44. The first-order valence-electron chi connectivity index (χ1n) is 6.82. The molecule has 0 atom stereocenters. The number of carbonyl (C=O) groups is 1. The number of carboxylic acids is 1. The van der Waals surface area contributed by atoms with Crippen LogP contribution < -0.4 is 11.2 Å². The molecule has 1 heterocycles. The zero-order valence-corrected chi connectivity index (χ0v) is 13.6. The summed E-state index contributed by atoms with van der Waals surface area (Å²) in [6, 6.07) is 10.6. The zero-order chi connectivity index (χ0) is 17.4. The van der Waals surface area contributed by atoms with Gasteiger partial charge >= 0.3 is 11.7 Å². The van der Waals surface area contributed by atoms with E-state index >= 15 is 0 Å². The van der Waals surface area contributed by atoms with Gasteiger partial charge in [-0.25, -0.2) is 9.36 Å². The molecule has 0 saturated heterocycles. The summed E-state index contributed by atoms with van der Waals surface area (Å²) < 4.78 is 1.91. The lowest BCUT2D eigenvalue weighted by Crippen LogP contribution is -2.40. The fourth-order valence-electron chi connectivity index (χ4n) is 2.46. The van der Waals surface area contributed by atoms with Gasteiger partial charge in [0.15, 0.2) is 0 Å². The Morgan fingerprint density at radius 3 is 2.42 bits per heavy atom. The number of hydrogen-bond donors (Lipinski definition) is 1. The van der Waals surface area contributed by atoms with Gasteiger partial charge in [-0.05, 0) is 30.3 Å². The fourth-order valence-corrected chi connectivity index (χ4v) is 2.75. The summed E-state index contributed by atoms with van der Waals surface area (Å²) in [5.74, 6) is -1.19. The lowest BCUT2D eigenvalue weighted by Gasteiger charge is -2.13. The molecular weight excluding hydrogens is 355 g/mol. The molecule has 8 heteroatoms. The van der Waals surface area contributed by atoms with E-state index in [0.717, 1.165) is 9.13 Å². The number of benzene rings is 2. The van der Waals surface area contributed by atoms with Crippen LogP contribution in [0.2, 0.25) is 10.0 Å². The SMILES string of the molecule is O=C(O)Cn1c(=O)n(-c2ccc(Cl)c(Cl)c2)c(=O)c2ccccc21. The minimum Gasteiger partial charge on any atom is -0.480 e. The maximum Gasteiger partial charge on any atom is 0.336 e. The third-order valence-corrected chi connectivity index (χ3v) is 4.24. The van der Waals surface area contributed by atoms with Crippen molar-refractivity contribution in [1.29, 1.82) is 0 Å². The van der Waals surface area contributed by atoms with Crippen molar-refractivity contribution >= 4 is 40.1 Å². The average Bonchev–Trinajstić information content (AvgIpc) is 2.55. The molecule has 24 heavy (non-hydrogen) atoms. The van der Waals surface area contributed by atoms with Crippen LogP contribution in [0, 0.1) is 0 Å². The zero-order valence-electron chi connectivity index (χ0n) is 12.1. The van der Waals surface area contributed by atoms with Crippen LogP contribution >= 0.6 is 23.2 Å². The second kappa shape index (κ2) is 6.14. The lowest BCUT2D eigenvalue weighted by atomic mass is 10.2. The number of halogens is 2.